The zero-order valence-corrected chi connectivity index (χ0v) is 12.0. The van der Waals surface area contributed by atoms with Gasteiger partial charge in [-0.15, -0.1) is 0 Å². The summed E-state index contributed by atoms with van der Waals surface area (Å²) in [7, 11) is 0. The third kappa shape index (κ3) is 3.88. The van der Waals surface area contributed by atoms with Gasteiger partial charge in [-0.05, 0) is 24.6 Å². The standard InChI is InChI=1S/C15H18N4O2/c1-11-2-5-17-15(19-11)18-9-12-3-6-16-14(8-12)21-13-4-7-20-10-13/h2-3,5-6,8,13H,4,7,9-10H2,1H3,(H,17,18,19). The fourth-order valence-corrected chi connectivity index (χ4v) is 2.12. The summed E-state index contributed by atoms with van der Waals surface area (Å²) in [5.41, 5.74) is 2.01. The lowest BCUT2D eigenvalue weighted by atomic mass is 10.2. The van der Waals surface area contributed by atoms with Gasteiger partial charge in [-0.25, -0.2) is 15.0 Å². The van der Waals surface area contributed by atoms with Gasteiger partial charge in [0, 0.05) is 37.1 Å². The summed E-state index contributed by atoms with van der Waals surface area (Å²) < 4.78 is 11.1. The van der Waals surface area contributed by atoms with Crippen molar-refractivity contribution in [3.8, 4) is 5.88 Å². The maximum absolute atomic E-state index is 5.79. The van der Waals surface area contributed by atoms with Crippen LogP contribution in [0.1, 0.15) is 17.7 Å². The van der Waals surface area contributed by atoms with Crippen LogP contribution in [-0.2, 0) is 11.3 Å². The number of hydrogen-bond acceptors (Lipinski definition) is 6. The largest absolute Gasteiger partial charge is 0.472 e. The monoisotopic (exact) mass is 286 g/mol. The van der Waals surface area contributed by atoms with Crippen LogP contribution >= 0.6 is 0 Å². The molecule has 0 aliphatic carbocycles. The molecule has 1 atom stereocenters. The molecule has 1 aliphatic rings. The SMILES string of the molecule is Cc1ccnc(NCc2ccnc(OC3CCOC3)c2)n1. The van der Waals surface area contributed by atoms with E-state index in [0.717, 1.165) is 24.3 Å². The van der Waals surface area contributed by atoms with E-state index < -0.39 is 0 Å². The van der Waals surface area contributed by atoms with Crippen molar-refractivity contribution < 1.29 is 9.47 Å². The fourth-order valence-electron chi connectivity index (χ4n) is 2.12. The van der Waals surface area contributed by atoms with Gasteiger partial charge in [0.2, 0.25) is 11.8 Å². The number of aryl methyl sites for hydroxylation is 1. The molecular weight excluding hydrogens is 268 g/mol. The molecule has 2 aromatic heterocycles. The van der Waals surface area contributed by atoms with E-state index in [1.165, 1.54) is 0 Å². The number of nitrogens with one attached hydrogen (secondary N) is 1. The van der Waals surface area contributed by atoms with Crippen LogP contribution in [0.4, 0.5) is 5.95 Å². The summed E-state index contributed by atoms with van der Waals surface area (Å²) in [6, 6.07) is 5.75. The number of ether oxygens (including phenoxy) is 2. The van der Waals surface area contributed by atoms with Gasteiger partial charge in [-0.2, -0.15) is 0 Å². The number of aromatic nitrogens is 3. The Balaban J connectivity index is 1.60. The summed E-state index contributed by atoms with van der Waals surface area (Å²) >= 11 is 0. The van der Waals surface area contributed by atoms with E-state index in [9.17, 15) is 0 Å². The predicted molar refractivity (Wildman–Crippen MR) is 78.2 cm³/mol. The lowest BCUT2D eigenvalue weighted by Gasteiger charge is -2.12. The van der Waals surface area contributed by atoms with Gasteiger partial charge in [0.25, 0.3) is 0 Å². The Morgan fingerprint density at radius 2 is 2.24 bits per heavy atom. The smallest absolute Gasteiger partial charge is 0.223 e. The first-order valence-electron chi connectivity index (χ1n) is 7.02. The molecule has 2 aromatic rings. The summed E-state index contributed by atoms with van der Waals surface area (Å²) in [5, 5.41) is 3.19. The molecule has 3 heterocycles. The minimum atomic E-state index is 0.112. The second kappa shape index (κ2) is 6.49. The van der Waals surface area contributed by atoms with Crippen molar-refractivity contribution in [3.05, 3.63) is 41.9 Å². The number of hydrogen-bond donors (Lipinski definition) is 1. The van der Waals surface area contributed by atoms with Gasteiger partial charge in [-0.1, -0.05) is 0 Å². The average Bonchev–Trinajstić information content (AvgIpc) is 2.99. The van der Waals surface area contributed by atoms with Gasteiger partial charge >= 0.3 is 0 Å². The minimum absolute atomic E-state index is 0.112. The topological polar surface area (TPSA) is 69.2 Å². The molecule has 1 fully saturated rings. The van der Waals surface area contributed by atoms with Crippen molar-refractivity contribution in [1.82, 2.24) is 15.0 Å². The highest BCUT2D eigenvalue weighted by molar-refractivity contribution is 5.29. The highest BCUT2D eigenvalue weighted by Crippen LogP contribution is 2.16. The number of pyridine rings is 1. The van der Waals surface area contributed by atoms with E-state index >= 15 is 0 Å². The molecule has 6 heteroatoms. The van der Waals surface area contributed by atoms with Crippen LogP contribution in [0.5, 0.6) is 5.88 Å². The Labute approximate surface area is 123 Å². The number of rotatable bonds is 5. The highest BCUT2D eigenvalue weighted by atomic mass is 16.5. The third-order valence-electron chi connectivity index (χ3n) is 3.22. The Kier molecular flexibility index (Phi) is 4.25. The molecule has 3 rings (SSSR count). The lowest BCUT2D eigenvalue weighted by molar-refractivity contribution is 0.138. The van der Waals surface area contributed by atoms with Crippen LogP contribution in [0, 0.1) is 6.92 Å². The first-order valence-corrected chi connectivity index (χ1v) is 7.02. The minimum Gasteiger partial charge on any atom is -0.472 e. The predicted octanol–water partition coefficient (Wildman–Crippen LogP) is 1.96. The summed E-state index contributed by atoms with van der Waals surface area (Å²) in [4.78, 5) is 12.7. The van der Waals surface area contributed by atoms with E-state index in [1.807, 2.05) is 25.1 Å². The molecule has 0 bridgehead atoms. The van der Waals surface area contributed by atoms with Crippen LogP contribution in [0.3, 0.4) is 0 Å². The van der Waals surface area contributed by atoms with Crippen LogP contribution in [-0.4, -0.2) is 34.3 Å². The van der Waals surface area contributed by atoms with Gasteiger partial charge < -0.3 is 14.8 Å². The van der Waals surface area contributed by atoms with E-state index in [1.54, 1.807) is 12.4 Å². The van der Waals surface area contributed by atoms with E-state index in [4.69, 9.17) is 9.47 Å². The Morgan fingerprint density at radius 1 is 1.33 bits per heavy atom. The molecule has 0 aromatic carbocycles. The van der Waals surface area contributed by atoms with Crippen molar-refractivity contribution in [2.45, 2.75) is 26.0 Å². The molecule has 0 amide bonds. The molecule has 21 heavy (non-hydrogen) atoms. The molecule has 1 N–H and O–H groups in total. The van der Waals surface area contributed by atoms with E-state index in [0.29, 0.717) is 25.0 Å². The molecule has 0 saturated carbocycles. The summed E-state index contributed by atoms with van der Waals surface area (Å²) in [6.45, 7) is 3.97. The molecule has 110 valence electrons. The van der Waals surface area contributed by atoms with Gasteiger partial charge in [-0.3, -0.25) is 0 Å². The van der Waals surface area contributed by atoms with Crippen molar-refractivity contribution in [2.24, 2.45) is 0 Å². The van der Waals surface area contributed by atoms with Gasteiger partial charge in [0.15, 0.2) is 0 Å². The lowest BCUT2D eigenvalue weighted by Crippen LogP contribution is -2.16. The van der Waals surface area contributed by atoms with Crippen LogP contribution < -0.4 is 10.1 Å². The number of nitrogens with zero attached hydrogens (tertiary/aromatic N) is 3. The molecule has 1 aliphatic heterocycles. The molecule has 6 nitrogen and oxygen atoms in total. The second-order valence-electron chi connectivity index (χ2n) is 4.98. The van der Waals surface area contributed by atoms with Crippen LogP contribution in [0.2, 0.25) is 0 Å². The Bertz CT molecular complexity index is 600. The van der Waals surface area contributed by atoms with Crippen molar-refractivity contribution in [1.29, 1.82) is 0 Å². The first kappa shape index (κ1) is 13.8. The quantitative estimate of drug-likeness (QED) is 0.906. The van der Waals surface area contributed by atoms with Gasteiger partial charge in [0.1, 0.15) is 6.10 Å². The average molecular weight is 286 g/mol. The maximum atomic E-state index is 5.79. The second-order valence-corrected chi connectivity index (χ2v) is 4.98. The van der Waals surface area contributed by atoms with E-state index in [2.05, 4.69) is 20.3 Å². The summed E-state index contributed by atoms with van der Waals surface area (Å²) in [6.07, 6.45) is 4.52. The Hall–Kier alpha value is -2.21. The van der Waals surface area contributed by atoms with Crippen molar-refractivity contribution in [3.63, 3.8) is 0 Å². The van der Waals surface area contributed by atoms with Gasteiger partial charge in [0.05, 0.1) is 13.2 Å². The molecule has 1 unspecified atom stereocenters. The zero-order valence-electron chi connectivity index (χ0n) is 12.0. The summed E-state index contributed by atoms with van der Waals surface area (Å²) in [5.74, 6) is 1.26. The fraction of sp³-hybridized carbons (Fsp3) is 0.400. The van der Waals surface area contributed by atoms with E-state index in [-0.39, 0.29) is 6.10 Å². The zero-order chi connectivity index (χ0) is 14.5. The number of anilines is 1. The molecule has 0 radical (unpaired) electrons. The highest BCUT2D eigenvalue weighted by Gasteiger charge is 2.17. The normalized spacial score (nSPS) is 17.7. The third-order valence-corrected chi connectivity index (χ3v) is 3.22. The van der Waals surface area contributed by atoms with Crippen molar-refractivity contribution >= 4 is 5.95 Å². The molecular formula is C15H18N4O2. The van der Waals surface area contributed by atoms with Crippen LogP contribution in [0.25, 0.3) is 0 Å². The first-order chi connectivity index (χ1) is 10.3. The molecule has 0 spiro atoms. The maximum Gasteiger partial charge on any atom is 0.223 e. The molecule has 1 saturated heterocycles. The van der Waals surface area contributed by atoms with Crippen molar-refractivity contribution in [2.75, 3.05) is 18.5 Å². The Morgan fingerprint density at radius 3 is 3.05 bits per heavy atom. The van der Waals surface area contributed by atoms with Crippen LogP contribution in [0.15, 0.2) is 30.6 Å².